The lowest BCUT2D eigenvalue weighted by atomic mass is 9.90. The molecule has 35 heavy (non-hydrogen) atoms. The van der Waals surface area contributed by atoms with Gasteiger partial charge in [-0.3, -0.25) is 14.6 Å². The zero-order chi connectivity index (χ0) is 23.6. The van der Waals surface area contributed by atoms with Gasteiger partial charge in [-0.2, -0.15) is 0 Å². The van der Waals surface area contributed by atoms with Crippen molar-refractivity contribution in [2.75, 3.05) is 39.3 Å². The first-order valence-electron chi connectivity index (χ1n) is 13.6. The van der Waals surface area contributed by atoms with Crippen LogP contribution in [0.4, 0.5) is 0 Å². The van der Waals surface area contributed by atoms with E-state index in [0.29, 0.717) is 5.92 Å². The summed E-state index contributed by atoms with van der Waals surface area (Å²) in [5.41, 5.74) is 4.64. The van der Waals surface area contributed by atoms with Crippen molar-refractivity contribution in [3.05, 3.63) is 71.4 Å². The number of fused-ring (bicyclic) bond motifs is 1. The second kappa shape index (κ2) is 10.2. The lowest BCUT2D eigenvalue weighted by Crippen LogP contribution is -2.51. The van der Waals surface area contributed by atoms with E-state index in [0.717, 1.165) is 69.1 Å². The number of hydrogen-bond donors (Lipinski definition) is 1. The van der Waals surface area contributed by atoms with Crippen LogP contribution < -0.4 is 0 Å². The van der Waals surface area contributed by atoms with E-state index in [-0.39, 0.29) is 5.91 Å². The average Bonchev–Trinajstić information content (AvgIpc) is 3.27. The van der Waals surface area contributed by atoms with Crippen molar-refractivity contribution in [3.8, 4) is 0 Å². The van der Waals surface area contributed by atoms with Crippen molar-refractivity contribution in [3.63, 3.8) is 0 Å². The van der Waals surface area contributed by atoms with Crippen LogP contribution in [0.3, 0.4) is 0 Å². The number of likely N-dealkylation sites (tertiary alicyclic amines) is 1. The van der Waals surface area contributed by atoms with Gasteiger partial charge in [0.2, 0.25) is 0 Å². The highest BCUT2D eigenvalue weighted by Gasteiger charge is 2.28. The number of piperazine rings is 1. The number of H-pyrrole nitrogens is 1. The summed E-state index contributed by atoms with van der Waals surface area (Å²) in [5, 5.41) is 1.25. The summed E-state index contributed by atoms with van der Waals surface area (Å²) in [6, 6.07) is 17.8. The zero-order valence-corrected chi connectivity index (χ0v) is 20.8. The van der Waals surface area contributed by atoms with Gasteiger partial charge in [0.15, 0.2) is 0 Å². The van der Waals surface area contributed by atoms with Crippen LogP contribution in [0.2, 0.25) is 0 Å². The molecule has 0 radical (unpaired) electrons. The number of aromatic amines is 1. The quantitative estimate of drug-likeness (QED) is 0.555. The normalized spacial score (nSPS) is 20.9. The molecule has 1 aliphatic carbocycles. The molecule has 1 N–H and O–H groups in total. The van der Waals surface area contributed by atoms with Gasteiger partial charge in [0.25, 0.3) is 5.91 Å². The third-order valence-corrected chi connectivity index (χ3v) is 8.68. The Hall–Kier alpha value is -2.63. The Kier molecular flexibility index (Phi) is 6.62. The van der Waals surface area contributed by atoms with Gasteiger partial charge in [0.05, 0.1) is 0 Å². The fourth-order valence-corrected chi connectivity index (χ4v) is 6.20. The SMILES string of the molecule is O=C(c1ccc2c(CN3CCN(C4CCC4)CC3)c[nH]c2c1)N1CCC(Cc2ccccc2)CC1. The van der Waals surface area contributed by atoms with E-state index in [1.54, 1.807) is 0 Å². The minimum Gasteiger partial charge on any atom is -0.361 e. The van der Waals surface area contributed by atoms with Crippen molar-refractivity contribution in [1.29, 1.82) is 0 Å². The van der Waals surface area contributed by atoms with Crippen molar-refractivity contribution in [2.24, 2.45) is 5.92 Å². The summed E-state index contributed by atoms with van der Waals surface area (Å²) < 4.78 is 0. The standard InChI is InChI=1S/C30H38N4O/c35-30(34-13-11-24(12-14-34)19-23-5-2-1-3-6-23)25-9-10-28-26(21-31-29(28)20-25)22-32-15-17-33(18-16-32)27-7-4-8-27/h1-3,5-6,9-10,20-21,24,27,31H,4,7-8,11-19,22H2. The Morgan fingerprint density at radius 2 is 1.66 bits per heavy atom. The summed E-state index contributed by atoms with van der Waals surface area (Å²) in [6.45, 7) is 7.41. The molecular formula is C30H38N4O. The number of carbonyl (C=O) groups excluding carboxylic acids is 1. The molecule has 1 aromatic heterocycles. The number of piperidine rings is 1. The van der Waals surface area contributed by atoms with Crippen LogP contribution in [0.15, 0.2) is 54.7 Å². The van der Waals surface area contributed by atoms with Crippen molar-refractivity contribution in [2.45, 2.75) is 51.1 Å². The van der Waals surface area contributed by atoms with Gasteiger partial charge in [0.1, 0.15) is 0 Å². The smallest absolute Gasteiger partial charge is 0.253 e. The first-order chi connectivity index (χ1) is 17.2. The molecule has 184 valence electrons. The van der Waals surface area contributed by atoms with Gasteiger partial charge in [-0.25, -0.2) is 0 Å². The molecule has 5 heteroatoms. The predicted molar refractivity (Wildman–Crippen MR) is 142 cm³/mol. The number of amides is 1. The number of hydrogen-bond acceptors (Lipinski definition) is 3. The highest BCUT2D eigenvalue weighted by molar-refractivity contribution is 5.98. The maximum Gasteiger partial charge on any atom is 0.253 e. The third kappa shape index (κ3) is 5.03. The van der Waals surface area contributed by atoms with E-state index in [9.17, 15) is 4.79 Å². The molecule has 3 fully saturated rings. The van der Waals surface area contributed by atoms with Crippen LogP contribution in [-0.4, -0.2) is 70.9 Å². The summed E-state index contributed by atoms with van der Waals surface area (Å²) >= 11 is 0. The van der Waals surface area contributed by atoms with Crippen LogP contribution in [0.5, 0.6) is 0 Å². The first kappa shape index (κ1) is 22.8. The molecule has 6 rings (SSSR count). The molecule has 2 saturated heterocycles. The van der Waals surface area contributed by atoms with E-state index in [4.69, 9.17) is 0 Å². The molecule has 0 atom stereocenters. The lowest BCUT2D eigenvalue weighted by molar-refractivity contribution is 0.0589. The third-order valence-electron chi connectivity index (χ3n) is 8.68. The Labute approximate surface area is 209 Å². The Balaban J connectivity index is 1.04. The Morgan fingerprint density at radius 1 is 0.886 bits per heavy atom. The second-order valence-electron chi connectivity index (χ2n) is 10.9. The molecule has 0 bridgehead atoms. The Morgan fingerprint density at radius 3 is 2.37 bits per heavy atom. The molecule has 5 nitrogen and oxygen atoms in total. The monoisotopic (exact) mass is 470 g/mol. The zero-order valence-electron chi connectivity index (χ0n) is 20.8. The number of benzene rings is 2. The van der Waals surface area contributed by atoms with E-state index in [2.05, 4.69) is 63.4 Å². The molecule has 0 unspecified atom stereocenters. The summed E-state index contributed by atoms with van der Waals surface area (Å²) in [5.74, 6) is 0.846. The predicted octanol–water partition coefficient (Wildman–Crippen LogP) is 4.93. The van der Waals surface area contributed by atoms with Gasteiger partial charge < -0.3 is 9.88 Å². The summed E-state index contributed by atoms with van der Waals surface area (Å²) in [6.07, 6.45) is 9.65. The molecule has 2 aromatic carbocycles. The minimum atomic E-state index is 0.174. The van der Waals surface area contributed by atoms with Crippen molar-refractivity contribution in [1.82, 2.24) is 19.7 Å². The molecule has 3 aliphatic rings. The largest absolute Gasteiger partial charge is 0.361 e. The first-order valence-corrected chi connectivity index (χ1v) is 13.6. The van der Waals surface area contributed by atoms with Gasteiger partial charge >= 0.3 is 0 Å². The van der Waals surface area contributed by atoms with Crippen molar-refractivity contribution < 1.29 is 4.79 Å². The number of nitrogens with zero attached hydrogens (tertiary/aromatic N) is 3. The molecule has 3 aromatic rings. The van der Waals surface area contributed by atoms with Crippen LogP contribution in [0.25, 0.3) is 10.9 Å². The van der Waals surface area contributed by atoms with Crippen LogP contribution in [0, 0.1) is 5.92 Å². The molecular weight excluding hydrogens is 432 g/mol. The fourth-order valence-electron chi connectivity index (χ4n) is 6.20. The van der Waals surface area contributed by atoms with Gasteiger partial charge in [-0.05, 0) is 61.3 Å². The van der Waals surface area contributed by atoms with Gasteiger partial charge in [-0.1, -0.05) is 42.8 Å². The van der Waals surface area contributed by atoms with Crippen molar-refractivity contribution >= 4 is 16.8 Å². The maximum atomic E-state index is 13.2. The number of carbonyl (C=O) groups is 1. The van der Waals surface area contributed by atoms with E-state index >= 15 is 0 Å². The van der Waals surface area contributed by atoms with Crippen LogP contribution in [0.1, 0.15) is 53.6 Å². The maximum absolute atomic E-state index is 13.2. The molecule has 2 aliphatic heterocycles. The second-order valence-corrected chi connectivity index (χ2v) is 10.9. The summed E-state index contributed by atoms with van der Waals surface area (Å²) in [7, 11) is 0. The van der Waals surface area contributed by atoms with Gasteiger partial charge in [-0.15, -0.1) is 0 Å². The highest BCUT2D eigenvalue weighted by atomic mass is 16.2. The number of nitrogens with one attached hydrogen (secondary N) is 1. The number of aromatic nitrogens is 1. The molecule has 0 spiro atoms. The topological polar surface area (TPSA) is 42.6 Å². The van der Waals surface area contributed by atoms with Crippen LogP contribution >= 0.6 is 0 Å². The molecule has 1 saturated carbocycles. The summed E-state index contributed by atoms with van der Waals surface area (Å²) in [4.78, 5) is 24.0. The minimum absolute atomic E-state index is 0.174. The highest BCUT2D eigenvalue weighted by Crippen LogP contribution is 2.28. The van der Waals surface area contributed by atoms with E-state index in [1.165, 1.54) is 48.9 Å². The van der Waals surface area contributed by atoms with E-state index in [1.807, 2.05) is 11.0 Å². The molecule has 3 heterocycles. The van der Waals surface area contributed by atoms with Gasteiger partial charge in [0, 0.05) is 74.5 Å². The molecule has 1 amide bonds. The lowest BCUT2D eigenvalue weighted by Gasteiger charge is -2.43. The number of rotatable bonds is 6. The van der Waals surface area contributed by atoms with Crippen LogP contribution in [-0.2, 0) is 13.0 Å². The Bertz CT molecular complexity index is 1140. The fraction of sp³-hybridized carbons (Fsp3) is 0.500. The average molecular weight is 471 g/mol. The van der Waals surface area contributed by atoms with E-state index < -0.39 is 0 Å².